The first-order valence-corrected chi connectivity index (χ1v) is 9.24. The maximum atomic E-state index is 12.6. The fourth-order valence-corrected chi connectivity index (χ4v) is 4.17. The number of amides is 2. The summed E-state index contributed by atoms with van der Waals surface area (Å²) in [6, 6.07) is 0.0396. The molecule has 1 atom stereocenters. The molecule has 132 valence electrons. The van der Waals surface area contributed by atoms with E-state index in [1.165, 1.54) is 32.1 Å². The van der Waals surface area contributed by atoms with E-state index in [9.17, 15) is 4.79 Å². The smallest absolute Gasteiger partial charge is 0.317 e. The normalized spacial score (nSPS) is 26.0. The number of hydrogen-bond acceptors (Lipinski definition) is 4. The molecule has 24 heavy (non-hydrogen) atoms. The van der Waals surface area contributed by atoms with Crippen molar-refractivity contribution in [1.29, 1.82) is 0 Å². The van der Waals surface area contributed by atoms with Crippen molar-refractivity contribution in [3.8, 4) is 0 Å². The summed E-state index contributed by atoms with van der Waals surface area (Å²) in [6.45, 7) is 5.42. The predicted octanol–water partition coefficient (Wildman–Crippen LogP) is 1.96. The molecule has 0 bridgehead atoms. The van der Waals surface area contributed by atoms with Crippen LogP contribution in [0.2, 0.25) is 0 Å². The Balaban J connectivity index is 1.34. The van der Waals surface area contributed by atoms with Gasteiger partial charge in [0.1, 0.15) is 12.4 Å². The van der Waals surface area contributed by atoms with Crippen molar-refractivity contribution in [2.75, 3.05) is 26.2 Å². The average Bonchev–Trinajstić information content (AvgIpc) is 3.30. The summed E-state index contributed by atoms with van der Waals surface area (Å²) in [7, 11) is 0. The number of carbonyl (C=O) groups excluding carboxylic acids is 1. The second-order valence-corrected chi connectivity index (χ2v) is 7.43. The minimum absolute atomic E-state index is 0.0396. The van der Waals surface area contributed by atoms with Gasteiger partial charge in [-0.25, -0.2) is 4.79 Å². The molecule has 1 N–H and O–H groups in total. The van der Waals surface area contributed by atoms with Crippen molar-refractivity contribution in [2.45, 2.75) is 51.7 Å². The highest BCUT2D eigenvalue weighted by atomic mass is 16.5. The van der Waals surface area contributed by atoms with Gasteiger partial charge in [-0.15, -0.1) is 10.2 Å². The number of aryl methyl sites for hydroxylation is 1. The topological polar surface area (TPSA) is 72.3 Å². The first-order chi connectivity index (χ1) is 11.7. The van der Waals surface area contributed by atoms with E-state index in [4.69, 9.17) is 4.74 Å². The summed E-state index contributed by atoms with van der Waals surface area (Å²) in [5.74, 6) is 1.66. The third kappa shape index (κ3) is 2.90. The molecule has 7 heteroatoms. The predicted molar refractivity (Wildman–Crippen MR) is 88.4 cm³/mol. The second-order valence-electron chi connectivity index (χ2n) is 7.43. The van der Waals surface area contributed by atoms with Crippen molar-refractivity contribution < 1.29 is 9.53 Å². The van der Waals surface area contributed by atoms with Gasteiger partial charge in [0.15, 0.2) is 5.82 Å². The lowest BCUT2D eigenvalue weighted by atomic mass is 9.65. The summed E-state index contributed by atoms with van der Waals surface area (Å²) in [5, 5.41) is 11.3. The summed E-state index contributed by atoms with van der Waals surface area (Å²) in [6.07, 6.45) is 8.11. The number of morpholine rings is 1. The van der Waals surface area contributed by atoms with Crippen molar-refractivity contribution in [1.82, 2.24) is 25.0 Å². The molecule has 2 aliphatic carbocycles. The third-order valence-corrected chi connectivity index (χ3v) is 6.01. The molecule has 7 nitrogen and oxygen atoms in total. The number of carbonyl (C=O) groups is 1. The molecule has 1 saturated heterocycles. The van der Waals surface area contributed by atoms with Crippen LogP contribution in [-0.4, -0.2) is 51.9 Å². The lowest BCUT2D eigenvalue weighted by Gasteiger charge is -2.43. The first-order valence-electron chi connectivity index (χ1n) is 9.24. The monoisotopic (exact) mass is 333 g/mol. The van der Waals surface area contributed by atoms with Gasteiger partial charge >= 0.3 is 6.03 Å². The van der Waals surface area contributed by atoms with Crippen LogP contribution in [0, 0.1) is 11.3 Å². The van der Waals surface area contributed by atoms with E-state index in [0.29, 0.717) is 25.1 Å². The lowest BCUT2D eigenvalue weighted by molar-refractivity contribution is -0.0226. The van der Waals surface area contributed by atoms with Crippen molar-refractivity contribution in [3.05, 3.63) is 12.2 Å². The zero-order valence-electron chi connectivity index (χ0n) is 14.4. The van der Waals surface area contributed by atoms with Crippen LogP contribution >= 0.6 is 0 Å². The van der Waals surface area contributed by atoms with E-state index in [0.717, 1.165) is 24.8 Å². The van der Waals surface area contributed by atoms with E-state index < -0.39 is 0 Å². The van der Waals surface area contributed by atoms with Crippen LogP contribution in [0.4, 0.5) is 4.79 Å². The minimum Gasteiger partial charge on any atom is -0.366 e. The van der Waals surface area contributed by atoms with E-state index in [-0.39, 0.29) is 12.1 Å². The number of nitrogens with zero attached hydrogens (tertiary/aromatic N) is 4. The molecule has 2 heterocycles. The first kappa shape index (κ1) is 15.9. The highest BCUT2D eigenvalue weighted by Gasteiger charge is 2.49. The fourth-order valence-electron chi connectivity index (χ4n) is 4.17. The largest absolute Gasteiger partial charge is 0.366 e. The van der Waals surface area contributed by atoms with Gasteiger partial charge in [-0.3, -0.25) is 0 Å². The molecule has 0 radical (unpaired) electrons. The average molecular weight is 333 g/mol. The Morgan fingerprint density at radius 3 is 2.96 bits per heavy atom. The van der Waals surface area contributed by atoms with Crippen LogP contribution in [-0.2, 0) is 11.3 Å². The van der Waals surface area contributed by atoms with Gasteiger partial charge in [-0.05, 0) is 43.9 Å². The van der Waals surface area contributed by atoms with E-state index >= 15 is 0 Å². The Morgan fingerprint density at radius 1 is 1.46 bits per heavy atom. The Bertz CT molecular complexity index is 594. The van der Waals surface area contributed by atoms with E-state index in [1.807, 2.05) is 9.47 Å². The standard InChI is InChI=1S/C17H27N5O2/c1-2-21-12-19-20-15(21)14-10-22(8-9-24-14)16(23)18-11-17(6-3-7-17)13-4-5-13/h12-14H,2-11H2,1H3,(H,18,23)/t14-/m0/s1. The van der Waals surface area contributed by atoms with E-state index in [2.05, 4.69) is 22.4 Å². The van der Waals surface area contributed by atoms with Crippen molar-refractivity contribution in [2.24, 2.45) is 11.3 Å². The van der Waals surface area contributed by atoms with Gasteiger partial charge in [0, 0.05) is 19.6 Å². The van der Waals surface area contributed by atoms with E-state index in [1.54, 1.807) is 6.33 Å². The van der Waals surface area contributed by atoms with Gasteiger partial charge in [0.25, 0.3) is 0 Å². The van der Waals surface area contributed by atoms with Crippen molar-refractivity contribution >= 4 is 6.03 Å². The van der Waals surface area contributed by atoms with Crippen LogP contribution in [0.1, 0.15) is 51.0 Å². The Kier molecular flexibility index (Phi) is 4.20. The number of urea groups is 1. The number of ether oxygens (including phenoxy) is 1. The van der Waals surface area contributed by atoms with Gasteiger partial charge < -0.3 is 19.5 Å². The molecule has 3 aliphatic rings. The summed E-state index contributed by atoms with van der Waals surface area (Å²) in [4.78, 5) is 14.5. The van der Waals surface area contributed by atoms with Crippen LogP contribution in [0.25, 0.3) is 0 Å². The van der Waals surface area contributed by atoms with Gasteiger partial charge in [0.05, 0.1) is 13.2 Å². The minimum atomic E-state index is -0.187. The van der Waals surface area contributed by atoms with Crippen LogP contribution < -0.4 is 5.32 Å². The highest BCUT2D eigenvalue weighted by Crippen LogP contribution is 2.56. The van der Waals surface area contributed by atoms with Crippen molar-refractivity contribution in [3.63, 3.8) is 0 Å². The summed E-state index contributed by atoms with van der Waals surface area (Å²) >= 11 is 0. The molecule has 0 unspecified atom stereocenters. The van der Waals surface area contributed by atoms with Gasteiger partial charge in [0.2, 0.25) is 0 Å². The Hall–Kier alpha value is -1.63. The molecule has 2 saturated carbocycles. The molecule has 0 aromatic carbocycles. The van der Waals surface area contributed by atoms with Gasteiger partial charge in [-0.2, -0.15) is 0 Å². The number of aromatic nitrogens is 3. The highest BCUT2D eigenvalue weighted by molar-refractivity contribution is 5.74. The molecule has 0 spiro atoms. The third-order valence-electron chi connectivity index (χ3n) is 6.01. The molecule has 1 aromatic heterocycles. The number of nitrogens with one attached hydrogen (secondary N) is 1. The van der Waals surface area contributed by atoms with Gasteiger partial charge in [-0.1, -0.05) is 6.42 Å². The summed E-state index contributed by atoms with van der Waals surface area (Å²) < 4.78 is 7.80. The second kappa shape index (κ2) is 6.35. The SMILES string of the molecule is CCn1cnnc1[C@@H]1CN(C(=O)NCC2(C3CC3)CCC2)CCO1. The fraction of sp³-hybridized carbons (Fsp3) is 0.824. The molecule has 1 aromatic rings. The molecule has 4 rings (SSSR count). The molecular formula is C17H27N5O2. The van der Waals surface area contributed by atoms with Crippen LogP contribution in [0.15, 0.2) is 6.33 Å². The van der Waals surface area contributed by atoms with Crippen LogP contribution in [0.5, 0.6) is 0 Å². The molecule has 3 fully saturated rings. The number of rotatable bonds is 5. The lowest BCUT2D eigenvalue weighted by Crippen LogP contribution is -2.51. The maximum Gasteiger partial charge on any atom is 0.317 e. The zero-order chi connectivity index (χ0) is 16.6. The van der Waals surface area contributed by atoms with Crippen LogP contribution in [0.3, 0.4) is 0 Å². The molecule has 2 amide bonds. The molecular weight excluding hydrogens is 306 g/mol. The quantitative estimate of drug-likeness (QED) is 0.894. The Labute approximate surface area is 142 Å². The maximum absolute atomic E-state index is 12.6. The number of hydrogen-bond donors (Lipinski definition) is 1. The summed E-state index contributed by atoms with van der Waals surface area (Å²) in [5.41, 5.74) is 0.406. The molecule has 1 aliphatic heterocycles. The zero-order valence-corrected chi connectivity index (χ0v) is 14.4. The Morgan fingerprint density at radius 2 is 2.29 bits per heavy atom.